The van der Waals surface area contributed by atoms with Crippen molar-refractivity contribution in [1.82, 2.24) is 5.32 Å². The molecule has 5 nitrogen and oxygen atoms in total. The minimum Gasteiger partial charge on any atom is -0.444 e. The summed E-state index contributed by atoms with van der Waals surface area (Å²) in [6.07, 6.45) is 1.48. The molecule has 2 rings (SSSR count). The summed E-state index contributed by atoms with van der Waals surface area (Å²) in [6.45, 7) is 13.7. The van der Waals surface area contributed by atoms with Crippen LogP contribution in [0.5, 0.6) is 0 Å². The highest BCUT2D eigenvalue weighted by atomic mass is 32.1. The molecular formula is C20H30BNO4S. The van der Waals surface area contributed by atoms with Gasteiger partial charge in [-0.1, -0.05) is 18.2 Å². The van der Waals surface area contributed by atoms with Gasteiger partial charge in [0.05, 0.1) is 11.2 Å². The van der Waals surface area contributed by atoms with E-state index < -0.39 is 30.0 Å². The molecule has 0 spiro atoms. The number of nitrogens with one attached hydrogen (secondary N) is 1. The first-order valence-corrected chi connectivity index (χ1v) is 9.56. The van der Waals surface area contributed by atoms with Crippen LogP contribution in [0.1, 0.15) is 54.0 Å². The van der Waals surface area contributed by atoms with Crippen molar-refractivity contribution in [3.8, 4) is 0 Å². The van der Waals surface area contributed by atoms with Crippen molar-refractivity contribution in [2.45, 2.75) is 70.2 Å². The van der Waals surface area contributed by atoms with Crippen LogP contribution in [0.3, 0.4) is 0 Å². The normalized spacial score (nSPS) is 19.1. The van der Waals surface area contributed by atoms with Crippen LogP contribution in [0.15, 0.2) is 34.6 Å². The van der Waals surface area contributed by atoms with Gasteiger partial charge in [-0.3, -0.25) is 0 Å². The first kappa shape index (κ1) is 21.9. The Balaban J connectivity index is 2.23. The summed E-state index contributed by atoms with van der Waals surface area (Å²) in [5, 5.41) is 2.80. The van der Waals surface area contributed by atoms with E-state index in [9.17, 15) is 4.79 Å². The minimum atomic E-state index is -0.562. The predicted octanol–water partition coefficient (Wildman–Crippen LogP) is 4.51. The standard InChI is InChI=1S/C20H30BNO4S/c1-18(2,3)24-17(23)22-13-15(11-14-9-8-10-16(27)12-14)21-25-19(4,5)20(6,7)26-21/h8-12,27H,13H2,1-7H3,(H,22,23). The smallest absolute Gasteiger partial charge is 0.444 e. The number of alkyl carbamates (subject to hydrolysis) is 1. The van der Waals surface area contributed by atoms with Gasteiger partial charge in [0.2, 0.25) is 0 Å². The third-order valence-electron chi connectivity index (χ3n) is 4.61. The number of rotatable bonds is 4. The second kappa shape index (κ2) is 7.90. The SMILES string of the molecule is CC(C)(C)OC(=O)NCC(=Cc1cccc(S)c1)B1OC(C)(C)C(C)(C)O1. The first-order valence-electron chi connectivity index (χ1n) is 9.11. The molecule has 1 fully saturated rings. The Hall–Kier alpha value is -1.44. The summed E-state index contributed by atoms with van der Waals surface area (Å²) in [4.78, 5) is 12.9. The van der Waals surface area contributed by atoms with Gasteiger partial charge in [0.15, 0.2) is 0 Å². The lowest BCUT2D eigenvalue weighted by Gasteiger charge is -2.32. The maximum absolute atomic E-state index is 12.1. The van der Waals surface area contributed by atoms with Crippen LogP contribution < -0.4 is 5.32 Å². The molecular weight excluding hydrogens is 361 g/mol. The van der Waals surface area contributed by atoms with Gasteiger partial charge in [-0.2, -0.15) is 0 Å². The monoisotopic (exact) mass is 391 g/mol. The zero-order valence-electron chi connectivity index (χ0n) is 17.3. The van der Waals surface area contributed by atoms with Gasteiger partial charge >= 0.3 is 13.2 Å². The van der Waals surface area contributed by atoms with Crippen molar-refractivity contribution in [1.29, 1.82) is 0 Å². The van der Waals surface area contributed by atoms with Crippen molar-refractivity contribution in [2.24, 2.45) is 0 Å². The zero-order chi connectivity index (χ0) is 20.5. The van der Waals surface area contributed by atoms with Crippen LogP contribution in [0.2, 0.25) is 0 Å². The molecule has 0 unspecified atom stereocenters. The van der Waals surface area contributed by atoms with E-state index in [0.717, 1.165) is 15.9 Å². The number of amides is 1. The molecule has 1 N–H and O–H groups in total. The van der Waals surface area contributed by atoms with Gasteiger partial charge in [-0.15, -0.1) is 12.6 Å². The van der Waals surface area contributed by atoms with E-state index in [1.807, 2.05) is 78.8 Å². The average molecular weight is 391 g/mol. The molecule has 7 heteroatoms. The van der Waals surface area contributed by atoms with E-state index in [1.54, 1.807) is 0 Å². The lowest BCUT2D eigenvalue weighted by molar-refractivity contribution is 0.00578. The van der Waals surface area contributed by atoms with E-state index in [-0.39, 0.29) is 6.54 Å². The minimum absolute atomic E-state index is 0.253. The number of carbonyl (C=O) groups excluding carboxylic acids is 1. The molecule has 1 aromatic carbocycles. The molecule has 0 bridgehead atoms. The molecule has 1 aliphatic heterocycles. The van der Waals surface area contributed by atoms with E-state index in [1.165, 1.54) is 0 Å². The van der Waals surface area contributed by atoms with Gasteiger partial charge < -0.3 is 19.4 Å². The van der Waals surface area contributed by atoms with Crippen molar-refractivity contribution >= 4 is 31.9 Å². The van der Waals surface area contributed by atoms with Crippen molar-refractivity contribution in [3.63, 3.8) is 0 Å². The highest BCUT2D eigenvalue weighted by Crippen LogP contribution is 2.38. The Labute approximate surface area is 168 Å². The second-order valence-electron chi connectivity index (χ2n) is 8.76. The topological polar surface area (TPSA) is 56.8 Å². The Bertz CT molecular complexity index is 709. The van der Waals surface area contributed by atoms with Crippen LogP contribution in [-0.4, -0.2) is 36.6 Å². The molecule has 1 saturated heterocycles. The molecule has 0 radical (unpaired) electrons. The molecule has 1 aliphatic rings. The fourth-order valence-corrected chi connectivity index (χ4v) is 2.75. The quantitative estimate of drug-likeness (QED) is 0.586. The third-order valence-corrected chi connectivity index (χ3v) is 4.89. The van der Waals surface area contributed by atoms with Crippen molar-refractivity contribution < 1.29 is 18.8 Å². The number of thiol groups is 1. The van der Waals surface area contributed by atoms with Gasteiger partial charge in [0, 0.05) is 11.4 Å². The van der Waals surface area contributed by atoms with E-state index in [0.29, 0.717) is 0 Å². The summed E-state index contributed by atoms with van der Waals surface area (Å²) in [7, 11) is -0.562. The highest BCUT2D eigenvalue weighted by Gasteiger charge is 2.52. The summed E-state index contributed by atoms with van der Waals surface area (Å²) >= 11 is 4.39. The average Bonchev–Trinajstić information content (AvgIpc) is 2.70. The first-order chi connectivity index (χ1) is 12.3. The van der Waals surface area contributed by atoms with Crippen LogP contribution in [-0.2, 0) is 14.0 Å². The Morgan fingerprint density at radius 2 is 1.81 bits per heavy atom. The van der Waals surface area contributed by atoms with Crippen molar-refractivity contribution in [3.05, 3.63) is 35.3 Å². The van der Waals surface area contributed by atoms with E-state index in [2.05, 4.69) is 17.9 Å². The van der Waals surface area contributed by atoms with Crippen LogP contribution in [0.4, 0.5) is 4.79 Å². The predicted molar refractivity (Wildman–Crippen MR) is 112 cm³/mol. The molecule has 1 amide bonds. The largest absolute Gasteiger partial charge is 0.492 e. The number of benzene rings is 1. The maximum Gasteiger partial charge on any atom is 0.492 e. The number of ether oxygens (including phenoxy) is 1. The van der Waals surface area contributed by atoms with Gasteiger partial charge in [0.1, 0.15) is 5.60 Å². The third kappa shape index (κ3) is 6.02. The molecule has 1 heterocycles. The number of carbonyl (C=O) groups is 1. The van der Waals surface area contributed by atoms with Crippen LogP contribution in [0.25, 0.3) is 6.08 Å². The molecule has 0 aromatic heterocycles. The second-order valence-corrected chi connectivity index (χ2v) is 9.27. The van der Waals surface area contributed by atoms with E-state index in [4.69, 9.17) is 14.0 Å². The van der Waals surface area contributed by atoms with Crippen LogP contribution in [0, 0.1) is 0 Å². The summed E-state index contributed by atoms with van der Waals surface area (Å²) in [6, 6.07) is 7.76. The van der Waals surface area contributed by atoms with Gasteiger partial charge in [-0.05, 0) is 71.6 Å². The summed E-state index contributed by atoms with van der Waals surface area (Å²) < 4.78 is 17.7. The molecule has 1 aromatic rings. The Morgan fingerprint density at radius 1 is 1.22 bits per heavy atom. The molecule has 0 atom stereocenters. The fraction of sp³-hybridized carbons (Fsp3) is 0.550. The summed E-state index contributed by atoms with van der Waals surface area (Å²) in [5.41, 5.74) is 0.275. The number of hydrogen-bond acceptors (Lipinski definition) is 5. The molecule has 148 valence electrons. The van der Waals surface area contributed by atoms with Gasteiger partial charge in [0.25, 0.3) is 0 Å². The molecule has 0 saturated carbocycles. The van der Waals surface area contributed by atoms with Crippen LogP contribution >= 0.6 is 12.6 Å². The molecule has 0 aliphatic carbocycles. The van der Waals surface area contributed by atoms with Gasteiger partial charge in [-0.25, -0.2) is 4.79 Å². The molecule has 27 heavy (non-hydrogen) atoms. The van der Waals surface area contributed by atoms with E-state index >= 15 is 0 Å². The summed E-state index contributed by atoms with van der Waals surface area (Å²) in [5.74, 6) is 0. The lowest BCUT2D eigenvalue weighted by atomic mass is 9.77. The number of hydrogen-bond donors (Lipinski definition) is 2. The fourth-order valence-electron chi connectivity index (χ4n) is 2.51. The Morgan fingerprint density at radius 3 is 2.33 bits per heavy atom. The lowest BCUT2D eigenvalue weighted by Crippen LogP contribution is -2.41. The Kier molecular flexibility index (Phi) is 6.39. The highest BCUT2D eigenvalue weighted by molar-refractivity contribution is 7.80. The van der Waals surface area contributed by atoms with Crippen molar-refractivity contribution in [2.75, 3.05) is 6.54 Å². The zero-order valence-corrected chi connectivity index (χ0v) is 18.1. The maximum atomic E-state index is 12.1.